The van der Waals surface area contributed by atoms with Crippen molar-refractivity contribution in [1.29, 1.82) is 0 Å². The molecule has 0 aliphatic rings. The zero-order chi connectivity index (χ0) is 11.8. The third-order valence-electron chi connectivity index (χ3n) is 2.36. The first-order valence-electron chi connectivity index (χ1n) is 5.88. The first-order chi connectivity index (χ1) is 7.77. The molecule has 2 nitrogen and oxygen atoms in total. The number of hydrogen-bond acceptors (Lipinski definition) is 2. The molecular formula is C13H20BrNO. The number of aryl methyl sites for hydroxylation is 1. The molecular weight excluding hydrogens is 266 g/mol. The molecule has 0 saturated carbocycles. The minimum absolute atomic E-state index is 0.771. The van der Waals surface area contributed by atoms with Gasteiger partial charge in [0.25, 0.3) is 0 Å². The number of hydrogen-bond donors (Lipinski definition) is 1. The molecule has 0 aliphatic heterocycles. The Morgan fingerprint density at radius 2 is 2.06 bits per heavy atom. The average molecular weight is 286 g/mol. The highest BCUT2D eigenvalue weighted by atomic mass is 79.9. The van der Waals surface area contributed by atoms with E-state index >= 15 is 0 Å². The summed E-state index contributed by atoms with van der Waals surface area (Å²) >= 11 is 3.49. The molecule has 0 unspecified atom stereocenters. The molecule has 1 rings (SSSR count). The Labute approximate surface area is 107 Å². The molecule has 0 aliphatic carbocycles. The summed E-state index contributed by atoms with van der Waals surface area (Å²) in [6, 6.07) is 6.34. The van der Waals surface area contributed by atoms with Crippen molar-refractivity contribution < 1.29 is 4.74 Å². The van der Waals surface area contributed by atoms with Crippen molar-refractivity contribution in [3.8, 4) is 0 Å². The lowest BCUT2D eigenvalue weighted by molar-refractivity contribution is 0.144. The second kappa shape index (κ2) is 7.69. The minimum atomic E-state index is 0.771. The fourth-order valence-electron chi connectivity index (χ4n) is 1.53. The molecule has 0 radical (unpaired) electrons. The highest BCUT2D eigenvalue weighted by molar-refractivity contribution is 9.10. The van der Waals surface area contributed by atoms with Gasteiger partial charge in [-0.3, -0.25) is 0 Å². The Hall–Kier alpha value is -0.540. The molecule has 3 heteroatoms. The van der Waals surface area contributed by atoms with Crippen LogP contribution < -0.4 is 5.32 Å². The van der Waals surface area contributed by atoms with E-state index in [0.717, 1.165) is 37.1 Å². The van der Waals surface area contributed by atoms with Crippen LogP contribution in [0.5, 0.6) is 0 Å². The number of ether oxygens (including phenoxy) is 1. The zero-order valence-electron chi connectivity index (χ0n) is 10.1. The van der Waals surface area contributed by atoms with Crippen molar-refractivity contribution in [3.05, 3.63) is 28.2 Å². The summed E-state index contributed by atoms with van der Waals surface area (Å²) in [4.78, 5) is 0. The maximum atomic E-state index is 5.43. The molecule has 1 N–H and O–H groups in total. The third-order valence-corrected chi connectivity index (χ3v) is 2.85. The van der Waals surface area contributed by atoms with Gasteiger partial charge in [-0.2, -0.15) is 0 Å². The quantitative estimate of drug-likeness (QED) is 0.769. The van der Waals surface area contributed by atoms with Gasteiger partial charge in [0, 0.05) is 23.3 Å². The smallest absolute Gasteiger partial charge is 0.0639 e. The van der Waals surface area contributed by atoms with E-state index in [9.17, 15) is 0 Å². The summed E-state index contributed by atoms with van der Waals surface area (Å²) in [6.07, 6.45) is 2.12. The van der Waals surface area contributed by atoms with Gasteiger partial charge in [-0.15, -0.1) is 0 Å². The van der Waals surface area contributed by atoms with Gasteiger partial charge in [0.05, 0.1) is 6.61 Å². The second-order valence-corrected chi connectivity index (χ2v) is 4.61. The van der Waals surface area contributed by atoms with E-state index in [2.05, 4.69) is 53.3 Å². The van der Waals surface area contributed by atoms with E-state index < -0.39 is 0 Å². The van der Waals surface area contributed by atoms with Crippen molar-refractivity contribution >= 4 is 21.6 Å². The molecule has 0 atom stereocenters. The van der Waals surface area contributed by atoms with E-state index in [0.29, 0.717) is 0 Å². The Kier molecular flexibility index (Phi) is 6.50. The first-order valence-corrected chi connectivity index (χ1v) is 6.67. The number of benzene rings is 1. The second-order valence-electron chi connectivity index (χ2n) is 3.69. The highest BCUT2D eigenvalue weighted by Gasteiger charge is 2.00. The molecule has 90 valence electrons. The van der Waals surface area contributed by atoms with Crippen molar-refractivity contribution in [3.63, 3.8) is 0 Å². The largest absolute Gasteiger partial charge is 0.383 e. The minimum Gasteiger partial charge on any atom is -0.383 e. The van der Waals surface area contributed by atoms with Gasteiger partial charge in [-0.05, 0) is 36.6 Å². The van der Waals surface area contributed by atoms with Crippen LogP contribution in [0.15, 0.2) is 22.7 Å². The Bertz CT molecular complexity index is 315. The fraction of sp³-hybridized carbons (Fsp3) is 0.538. The Morgan fingerprint density at radius 1 is 1.25 bits per heavy atom. The fourth-order valence-corrected chi connectivity index (χ4v) is 1.94. The molecule has 0 aromatic heterocycles. The van der Waals surface area contributed by atoms with Gasteiger partial charge < -0.3 is 10.1 Å². The molecule has 0 spiro atoms. The predicted octanol–water partition coefficient (Wildman–Crippen LogP) is 3.85. The van der Waals surface area contributed by atoms with Gasteiger partial charge >= 0.3 is 0 Å². The van der Waals surface area contributed by atoms with Crippen LogP contribution in [-0.4, -0.2) is 19.8 Å². The Morgan fingerprint density at radius 3 is 2.75 bits per heavy atom. The summed E-state index contributed by atoms with van der Waals surface area (Å²) in [6.45, 7) is 6.78. The SMILES string of the molecule is CCCOCCNc1ccc(Br)cc1CC. The lowest BCUT2D eigenvalue weighted by Crippen LogP contribution is -2.10. The summed E-state index contributed by atoms with van der Waals surface area (Å²) in [7, 11) is 0. The number of halogens is 1. The van der Waals surface area contributed by atoms with Crippen molar-refractivity contribution in [2.24, 2.45) is 0 Å². The summed E-state index contributed by atoms with van der Waals surface area (Å²) < 4.78 is 6.57. The molecule has 0 amide bonds. The van der Waals surface area contributed by atoms with Crippen LogP contribution in [-0.2, 0) is 11.2 Å². The van der Waals surface area contributed by atoms with E-state index in [1.54, 1.807) is 0 Å². The average Bonchev–Trinajstić information content (AvgIpc) is 2.30. The molecule has 0 saturated heterocycles. The van der Waals surface area contributed by atoms with Crippen LogP contribution in [0.1, 0.15) is 25.8 Å². The summed E-state index contributed by atoms with van der Waals surface area (Å²) in [5.41, 5.74) is 2.55. The maximum Gasteiger partial charge on any atom is 0.0639 e. The molecule has 0 heterocycles. The number of anilines is 1. The Balaban J connectivity index is 2.41. The van der Waals surface area contributed by atoms with Gasteiger partial charge in [0.2, 0.25) is 0 Å². The third kappa shape index (κ3) is 4.54. The molecule has 0 bridgehead atoms. The normalized spacial score (nSPS) is 10.4. The van der Waals surface area contributed by atoms with E-state index in [-0.39, 0.29) is 0 Å². The standard InChI is InChI=1S/C13H20BrNO/c1-3-8-16-9-7-15-13-6-5-12(14)10-11(13)4-2/h5-6,10,15H,3-4,7-9H2,1-2H3. The molecule has 0 fully saturated rings. The number of rotatable bonds is 7. The van der Waals surface area contributed by atoms with Crippen LogP contribution in [0.2, 0.25) is 0 Å². The monoisotopic (exact) mass is 285 g/mol. The van der Waals surface area contributed by atoms with Gasteiger partial charge in [0.1, 0.15) is 0 Å². The summed E-state index contributed by atoms with van der Waals surface area (Å²) in [5, 5.41) is 3.40. The summed E-state index contributed by atoms with van der Waals surface area (Å²) in [5.74, 6) is 0. The maximum absolute atomic E-state index is 5.43. The lowest BCUT2D eigenvalue weighted by Gasteiger charge is -2.11. The van der Waals surface area contributed by atoms with E-state index in [1.807, 2.05) is 0 Å². The number of nitrogens with one attached hydrogen (secondary N) is 1. The lowest BCUT2D eigenvalue weighted by atomic mass is 10.1. The van der Waals surface area contributed by atoms with E-state index in [4.69, 9.17) is 4.74 Å². The van der Waals surface area contributed by atoms with Crippen molar-refractivity contribution in [1.82, 2.24) is 0 Å². The zero-order valence-corrected chi connectivity index (χ0v) is 11.6. The molecule has 16 heavy (non-hydrogen) atoms. The van der Waals surface area contributed by atoms with Crippen LogP contribution >= 0.6 is 15.9 Å². The van der Waals surface area contributed by atoms with Crippen LogP contribution in [0, 0.1) is 0 Å². The van der Waals surface area contributed by atoms with Crippen LogP contribution in [0.25, 0.3) is 0 Å². The molecule has 1 aromatic rings. The highest BCUT2D eigenvalue weighted by Crippen LogP contribution is 2.21. The van der Waals surface area contributed by atoms with Gasteiger partial charge in [-0.25, -0.2) is 0 Å². The predicted molar refractivity (Wildman–Crippen MR) is 73.1 cm³/mol. The van der Waals surface area contributed by atoms with Crippen LogP contribution in [0.3, 0.4) is 0 Å². The van der Waals surface area contributed by atoms with Gasteiger partial charge in [0.15, 0.2) is 0 Å². The van der Waals surface area contributed by atoms with E-state index in [1.165, 1.54) is 11.3 Å². The van der Waals surface area contributed by atoms with Crippen molar-refractivity contribution in [2.75, 3.05) is 25.1 Å². The topological polar surface area (TPSA) is 21.3 Å². The van der Waals surface area contributed by atoms with Crippen molar-refractivity contribution in [2.45, 2.75) is 26.7 Å². The molecule has 1 aromatic carbocycles. The van der Waals surface area contributed by atoms with Crippen LogP contribution in [0.4, 0.5) is 5.69 Å². The van der Waals surface area contributed by atoms with Gasteiger partial charge in [-0.1, -0.05) is 29.8 Å². The first kappa shape index (κ1) is 13.5.